The highest BCUT2D eigenvalue weighted by atomic mass is 32.1. The molecule has 6 heteroatoms. The highest BCUT2D eigenvalue weighted by Gasteiger charge is 2.22. The minimum Gasteiger partial charge on any atom is -0.497 e. The maximum atomic E-state index is 12.1. The Balaban J connectivity index is 1.51. The number of fused-ring (bicyclic) bond motifs is 1. The van der Waals surface area contributed by atoms with Crippen molar-refractivity contribution in [1.82, 2.24) is 10.2 Å². The predicted molar refractivity (Wildman–Crippen MR) is 109 cm³/mol. The van der Waals surface area contributed by atoms with Crippen molar-refractivity contribution in [2.24, 2.45) is 0 Å². The summed E-state index contributed by atoms with van der Waals surface area (Å²) in [6.45, 7) is 5.26. The number of hydrogen-bond donors (Lipinski definition) is 1. The van der Waals surface area contributed by atoms with E-state index in [1.807, 2.05) is 29.6 Å². The number of carbonyl (C=O) groups is 1. The van der Waals surface area contributed by atoms with Gasteiger partial charge >= 0.3 is 0 Å². The molecule has 2 heterocycles. The van der Waals surface area contributed by atoms with Gasteiger partial charge in [0, 0.05) is 43.0 Å². The zero-order chi connectivity index (χ0) is 19.1. The van der Waals surface area contributed by atoms with Crippen LogP contribution >= 0.6 is 11.3 Å². The Bertz CT molecular complexity index is 733. The summed E-state index contributed by atoms with van der Waals surface area (Å²) >= 11 is 1.70. The molecule has 1 atom stereocenters. The Morgan fingerprint density at radius 3 is 3.04 bits per heavy atom. The van der Waals surface area contributed by atoms with Gasteiger partial charge in [-0.3, -0.25) is 9.69 Å². The number of thiophene rings is 1. The standard InChI is InChI=1S/C21H28N2O3S/c1-3-17-15-23(14-16-13-18(25-2)6-8-20(16)26-17)11-10-22-21(24)9-7-19-5-4-12-27-19/h4-6,8,12-13,17H,3,7,9-11,14-15H2,1-2H3,(H,22,24)/t17-/m1/s1. The molecule has 27 heavy (non-hydrogen) atoms. The van der Waals surface area contributed by atoms with Crippen LogP contribution in [0.15, 0.2) is 35.7 Å². The molecule has 0 aliphatic carbocycles. The van der Waals surface area contributed by atoms with Crippen LogP contribution in [-0.4, -0.2) is 43.7 Å². The third-order valence-electron chi connectivity index (χ3n) is 4.80. The van der Waals surface area contributed by atoms with E-state index in [2.05, 4.69) is 23.2 Å². The second kappa shape index (κ2) is 9.76. The maximum Gasteiger partial charge on any atom is 0.220 e. The Morgan fingerprint density at radius 1 is 1.41 bits per heavy atom. The molecule has 1 aliphatic rings. The minimum absolute atomic E-state index is 0.114. The number of aryl methyl sites for hydroxylation is 1. The number of rotatable bonds is 8. The molecular weight excluding hydrogens is 360 g/mol. The summed E-state index contributed by atoms with van der Waals surface area (Å²) in [7, 11) is 1.68. The SMILES string of the molecule is CC[C@@H]1CN(CCNC(=O)CCc2cccs2)Cc2cc(OC)ccc2O1. The molecule has 1 N–H and O–H groups in total. The third kappa shape index (κ3) is 5.71. The molecular formula is C21H28N2O3S. The predicted octanol–water partition coefficient (Wildman–Crippen LogP) is 3.48. The zero-order valence-electron chi connectivity index (χ0n) is 16.1. The molecule has 1 aromatic heterocycles. The van der Waals surface area contributed by atoms with Gasteiger partial charge in [-0.2, -0.15) is 0 Å². The largest absolute Gasteiger partial charge is 0.497 e. The van der Waals surface area contributed by atoms with Crippen molar-refractivity contribution < 1.29 is 14.3 Å². The number of methoxy groups -OCH3 is 1. The van der Waals surface area contributed by atoms with E-state index >= 15 is 0 Å². The average Bonchev–Trinajstić information content (AvgIpc) is 3.13. The number of nitrogens with one attached hydrogen (secondary N) is 1. The summed E-state index contributed by atoms with van der Waals surface area (Å²) in [5.74, 6) is 1.89. The molecule has 2 aromatic rings. The van der Waals surface area contributed by atoms with Crippen LogP contribution < -0.4 is 14.8 Å². The zero-order valence-corrected chi connectivity index (χ0v) is 16.9. The normalized spacial score (nSPS) is 16.9. The molecule has 3 rings (SSSR count). The molecule has 1 aromatic carbocycles. The lowest BCUT2D eigenvalue weighted by Crippen LogP contribution is -2.38. The van der Waals surface area contributed by atoms with Crippen LogP contribution in [0, 0.1) is 0 Å². The molecule has 0 saturated heterocycles. The Morgan fingerprint density at radius 2 is 2.30 bits per heavy atom. The van der Waals surface area contributed by atoms with Crippen LogP contribution in [0.4, 0.5) is 0 Å². The molecule has 0 radical (unpaired) electrons. The van der Waals surface area contributed by atoms with E-state index < -0.39 is 0 Å². The van der Waals surface area contributed by atoms with Crippen molar-refractivity contribution in [2.45, 2.75) is 38.8 Å². The number of ether oxygens (including phenoxy) is 2. The van der Waals surface area contributed by atoms with Crippen molar-refractivity contribution in [3.05, 3.63) is 46.2 Å². The van der Waals surface area contributed by atoms with Crippen LogP contribution in [0.2, 0.25) is 0 Å². The Kier molecular flexibility index (Phi) is 7.12. The molecule has 1 amide bonds. The molecule has 0 fully saturated rings. The lowest BCUT2D eigenvalue weighted by Gasteiger charge is -2.23. The summed E-state index contributed by atoms with van der Waals surface area (Å²) < 4.78 is 11.5. The van der Waals surface area contributed by atoms with Gasteiger partial charge in [-0.25, -0.2) is 0 Å². The first-order valence-corrected chi connectivity index (χ1v) is 10.4. The Labute approximate surface area is 165 Å². The van der Waals surface area contributed by atoms with Crippen LogP contribution in [-0.2, 0) is 17.8 Å². The Hall–Kier alpha value is -2.05. The summed E-state index contributed by atoms with van der Waals surface area (Å²) in [6.07, 6.45) is 2.47. The fraction of sp³-hybridized carbons (Fsp3) is 0.476. The minimum atomic E-state index is 0.114. The molecule has 1 aliphatic heterocycles. The van der Waals surface area contributed by atoms with E-state index in [9.17, 15) is 4.79 Å². The van der Waals surface area contributed by atoms with Crippen LogP contribution in [0.1, 0.15) is 30.2 Å². The number of benzene rings is 1. The molecule has 5 nitrogen and oxygen atoms in total. The lowest BCUT2D eigenvalue weighted by molar-refractivity contribution is -0.121. The third-order valence-corrected chi connectivity index (χ3v) is 5.74. The molecule has 146 valence electrons. The van der Waals surface area contributed by atoms with E-state index in [1.54, 1.807) is 18.4 Å². The number of amides is 1. The maximum absolute atomic E-state index is 12.1. The van der Waals surface area contributed by atoms with Gasteiger partial charge in [0.15, 0.2) is 0 Å². The summed E-state index contributed by atoms with van der Waals surface area (Å²) in [5.41, 5.74) is 1.13. The van der Waals surface area contributed by atoms with E-state index in [4.69, 9.17) is 9.47 Å². The van der Waals surface area contributed by atoms with Crippen molar-refractivity contribution in [1.29, 1.82) is 0 Å². The van der Waals surface area contributed by atoms with E-state index in [0.717, 1.165) is 49.5 Å². The monoisotopic (exact) mass is 388 g/mol. The molecule has 0 saturated carbocycles. The van der Waals surface area contributed by atoms with Gasteiger partial charge in [0.05, 0.1) is 7.11 Å². The van der Waals surface area contributed by atoms with Crippen LogP contribution in [0.5, 0.6) is 11.5 Å². The lowest BCUT2D eigenvalue weighted by atomic mass is 10.2. The van der Waals surface area contributed by atoms with Crippen molar-refractivity contribution in [3.63, 3.8) is 0 Å². The van der Waals surface area contributed by atoms with Crippen molar-refractivity contribution >= 4 is 17.2 Å². The van der Waals surface area contributed by atoms with Crippen molar-refractivity contribution in [3.8, 4) is 11.5 Å². The second-order valence-corrected chi connectivity index (χ2v) is 7.82. The van der Waals surface area contributed by atoms with E-state index in [1.165, 1.54) is 4.88 Å². The van der Waals surface area contributed by atoms with Gasteiger partial charge in [0.1, 0.15) is 17.6 Å². The van der Waals surface area contributed by atoms with Gasteiger partial charge in [-0.05, 0) is 42.5 Å². The fourth-order valence-electron chi connectivity index (χ4n) is 3.25. The highest BCUT2D eigenvalue weighted by molar-refractivity contribution is 7.09. The van der Waals surface area contributed by atoms with Gasteiger partial charge in [-0.15, -0.1) is 11.3 Å². The molecule has 0 bridgehead atoms. The van der Waals surface area contributed by atoms with Gasteiger partial charge in [0.25, 0.3) is 0 Å². The van der Waals surface area contributed by atoms with Crippen LogP contribution in [0.25, 0.3) is 0 Å². The number of carbonyl (C=O) groups excluding carboxylic acids is 1. The second-order valence-electron chi connectivity index (χ2n) is 6.79. The molecule has 0 unspecified atom stereocenters. The summed E-state index contributed by atoms with van der Waals surface area (Å²) in [4.78, 5) is 15.7. The first-order chi connectivity index (χ1) is 13.2. The van der Waals surface area contributed by atoms with E-state index in [0.29, 0.717) is 13.0 Å². The number of nitrogens with zero attached hydrogens (tertiary/aromatic N) is 1. The van der Waals surface area contributed by atoms with Crippen molar-refractivity contribution in [2.75, 3.05) is 26.7 Å². The summed E-state index contributed by atoms with van der Waals surface area (Å²) in [5, 5.41) is 5.10. The van der Waals surface area contributed by atoms with Gasteiger partial charge in [-0.1, -0.05) is 13.0 Å². The average molecular weight is 389 g/mol. The van der Waals surface area contributed by atoms with Gasteiger partial charge < -0.3 is 14.8 Å². The summed E-state index contributed by atoms with van der Waals surface area (Å²) in [6, 6.07) is 10.1. The fourth-order valence-corrected chi connectivity index (χ4v) is 3.96. The smallest absolute Gasteiger partial charge is 0.220 e. The highest BCUT2D eigenvalue weighted by Crippen LogP contribution is 2.29. The topological polar surface area (TPSA) is 50.8 Å². The quantitative estimate of drug-likeness (QED) is 0.752. The first-order valence-electron chi connectivity index (χ1n) is 9.53. The number of hydrogen-bond acceptors (Lipinski definition) is 5. The molecule has 0 spiro atoms. The van der Waals surface area contributed by atoms with E-state index in [-0.39, 0.29) is 12.0 Å². The van der Waals surface area contributed by atoms with Crippen LogP contribution in [0.3, 0.4) is 0 Å². The van der Waals surface area contributed by atoms with Gasteiger partial charge in [0.2, 0.25) is 5.91 Å². The first kappa shape index (κ1) is 19.7.